The Morgan fingerprint density at radius 2 is 2.05 bits per heavy atom. The first-order chi connectivity index (χ1) is 10.3. The molecule has 5 nitrogen and oxygen atoms in total. The monoisotopic (exact) mass is 306 g/mol. The average Bonchev–Trinajstić information content (AvgIpc) is 2.89. The Morgan fingerprint density at radius 1 is 1.24 bits per heavy atom. The Bertz CT molecular complexity index is 571. The molecule has 0 aliphatic carbocycles. The van der Waals surface area contributed by atoms with E-state index in [9.17, 15) is 0 Å². The molecule has 0 aliphatic heterocycles. The fourth-order valence-corrected chi connectivity index (χ4v) is 3.06. The number of benzene rings is 1. The van der Waals surface area contributed by atoms with Gasteiger partial charge in [0.15, 0.2) is 5.16 Å². The highest BCUT2D eigenvalue weighted by atomic mass is 32.2. The van der Waals surface area contributed by atoms with Crippen LogP contribution in [0.3, 0.4) is 0 Å². The second-order valence-corrected chi connectivity index (χ2v) is 5.53. The predicted octanol–water partition coefficient (Wildman–Crippen LogP) is 2.84. The van der Waals surface area contributed by atoms with Crippen LogP contribution in [0.2, 0.25) is 0 Å². The number of nitrogens with zero attached hydrogens (tertiary/aromatic N) is 3. The smallest absolute Gasteiger partial charge is 0.191 e. The van der Waals surface area contributed by atoms with E-state index in [4.69, 9.17) is 10.5 Å². The highest BCUT2D eigenvalue weighted by Crippen LogP contribution is 2.27. The molecule has 0 spiro atoms. The molecule has 0 unspecified atom stereocenters. The molecule has 2 rings (SSSR count). The van der Waals surface area contributed by atoms with Crippen molar-refractivity contribution in [2.75, 3.05) is 6.61 Å². The van der Waals surface area contributed by atoms with E-state index in [0.717, 1.165) is 35.4 Å². The van der Waals surface area contributed by atoms with Crippen molar-refractivity contribution in [1.82, 2.24) is 14.8 Å². The molecule has 6 heteroatoms. The minimum Gasteiger partial charge on any atom is -0.494 e. The Hall–Kier alpha value is -1.53. The molecular formula is C15H22N4OS. The highest BCUT2D eigenvalue weighted by Gasteiger charge is 2.12. The standard InChI is InChI=1S/C15H22N4OS/c1-3-9-19-14(10-16)17-18-15(19)21-11-12-7-5-6-8-13(12)20-4-2/h5-8H,3-4,9-11,16H2,1-2H3. The van der Waals surface area contributed by atoms with Gasteiger partial charge in [0, 0.05) is 17.9 Å². The van der Waals surface area contributed by atoms with Crippen LogP contribution in [0.15, 0.2) is 29.4 Å². The van der Waals surface area contributed by atoms with Crippen LogP contribution in [0, 0.1) is 0 Å². The summed E-state index contributed by atoms with van der Waals surface area (Å²) >= 11 is 1.67. The SMILES string of the molecule is CCCn1c(CN)nnc1SCc1ccccc1OCC. The molecule has 0 radical (unpaired) electrons. The number of nitrogens with two attached hydrogens (primary N) is 1. The van der Waals surface area contributed by atoms with Crippen molar-refractivity contribution in [2.24, 2.45) is 5.73 Å². The van der Waals surface area contributed by atoms with Crippen LogP contribution in [-0.4, -0.2) is 21.4 Å². The van der Waals surface area contributed by atoms with Crippen LogP contribution in [0.4, 0.5) is 0 Å². The zero-order chi connectivity index (χ0) is 15.1. The van der Waals surface area contributed by atoms with Crippen molar-refractivity contribution in [1.29, 1.82) is 0 Å². The molecule has 2 N–H and O–H groups in total. The van der Waals surface area contributed by atoms with Gasteiger partial charge in [0.2, 0.25) is 0 Å². The summed E-state index contributed by atoms with van der Waals surface area (Å²) in [6, 6.07) is 8.11. The van der Waals surface area contributed by atoms with Gasteiger partial charge in [0.25, 0.3) is 0 Å². The molecule has 0 saturated carbocycles. The normalized spacial score (nSPS) is 10.8. The lowest BCUT2D eigenvalue weighted by atomic mass is 10.2. The van der Waals surface area contributed by atoms with Crippen molar-refractivity contribution in [3.63, 3.8) is 0 Å². The molecule has 0 atom stereocenters. The van der Waals surface area contributed by atoms with Crippen molar-refractivity contribution in [3.05, 3.63) is 35.7 Å². The van der Waals surface area contributed by atoms with E-state index in [0.29, 0.717) is 13.2 Å². The minimum atomic E-state index is 0.420. The minimum absolute atomic E-state index is 0.420. The number of rotatable bonds is 8. The zero-order valence-electron chi connectivity index (χ0n) is 12.6. The van der Waals surface area contributed by atoms with Gasteiger partial charge in [-0.1, -0.05) is 36.9 Å². The molecule has 1 aromatic carbocycles. The lowest BCUT2D eigenvalue weighted by molar-refractivity contribution is 0.337. The Balaban J connectivity index is 2.11. The summed E-state index contributed by atoms with van der Waals surface area (Å²) < 4.78 is 7.76. The van der Waals surface area contributed by atoms with Gasteiger partial charge in [-0.05, 0) is 19.4 Å². The van der Waals surface area contributed by atoms with Gasteiger partial charge in [-0.3, -0.25) is 0 Å². The van der Waals surface area contributed by atoms with E-state index in [1.807, 2.05) is 25.1 Å². The quantitative estimate of drug-likeness (QED) is 0.760. The molecule has 114 valence electrons. The van der Waals surface area contributed by atoms with Crippen LogP contribution in [0.1, 0.15) is 31.7 Å². The summed E-state index contributed by atoms with van der Waals surface area (Å²) in [5.41, 5.74) is 6.88. The van der Waals surface area contributed by atoms with E-state index in [2.05, 4.69) is 27.8 Å². The molecule has 0 aliphatic rings. The highest BCUT2D eigenvalue weighted by molar-refractivity contribution is 7.98. The fourth-order valence-electron chi connectivity index (χ4n) is 2.09. The number of aromatic nitrogens is 3. The zero-order valence-corrected chi connectivity index (χ0v) is 13.4. The summed E-state index contributed by atoms with van der Waals surface area (Å²) in [7, 11) is 0. The van der Waals surface area contributed by atoms with Crippen LogP contribution < -0.4 is 10.5 Å². The lowest BCUT2D eigenvalue weighted by Crippen LogP contribution is -2.09. The van der Waals surface area contributed by atoms with E-state index < -0.39 is 0 Å². The van der Waals surface area contributed by atoms with Crippen LogP contribution in [0.25, 0.3) is 0 Å². The number of ether oxygens (including phenoxy) is 1. The van der Waals surface area contributed by atoms with Gasteiger partial charge in [-0.25, -0.2) is 0 Å². The lowest BCUT2D eigenvalue weighted by Gasteiger charge is -2.10. The number of hydrogen-bond acceptors (Lipinski definition) is 5. The van der Waals surface area contributed by atoms with Gasteiger partial charge in [0.1, 0.15) is 11.6 Å². The molecule has 0 fully saturated rings. The summed E-state index contributed by atoms with van der Waals surface area (Å²) in [5, 5.41) is 9.33. The van der Waals surface area contributed by atoms with Gasteiger partial charge < -0.3 is 15.0 Å². The molecular weight excluding hydrogens is 284 g/mol. The maximum Gasteiger partial charge on any atom is 0.191 e. The maximum absolute atomic E-state index is 5.71. The van der Waals surface area contributed by atoms with Gasteiger partial charge in [0.05, 0.1) is 13.2 Å². The topological polar surface area (TPSA) is 66.0 Å². The van der Waals surface area contributed by atoms with Crippen molar-refractivity contribution >= 4 is 11.8 Å². The predicted molar refractivity (Wildman–Crippen MR) is 85.4 cm³/mol. The first-order valence-electron chi connectivity index (χ1n) is 7.25. The third-order valence-electron chi connectivity index (χ3n) is 3.05. The molecule has 1 heterocycles. The van der Waals surface area contributed by atoms with Gasteiger partial charge in [-0.2, -0.15) is 0 Å². The van der Waals surface area contributed by atoms with E-state index >= 15 is 0 Å². The Labute approximate surface area is 129 Å². The van der Waals surface area contributed by atoms with E-state index in [-0.39, 0.29) is 0 Å². The first-order valence-corrected chi connectivity index (χ1v) is 8.24. The third kappa shape index (κ3) is 3.98. The average molecular weight is 306 g/mol. The molecule has 0 amide bonds. The maximum atomic E-state index is 5.71. The largest absolute Gasteiger partial charge is 0.494 e. The Morgan fingerprint density at radius 3 is 2.76 bits per heavy atom. The molecule has 2 aromatic rings. The van der Waals surface area contributed by atoms with Crippen molar-refractivity contribution < 1.29 is 4.74 Å². The number of thioether (sulfide) groups is 1. The van der Waals surface area contributed by atoms with Crippen LogP contribution in [0.5, 0.6) is 5.75 Å². The molecule has 0 bridgehead atoms. The Kier molecular flexibility index (Phi) is 6.07. The van der Waals surface area contributed by atoms with Crippen molar-refractivity contribution in [2.45, 2.75) is 44.3 Å². The van der Waals surface area contributed by atoms with E-state index in [1.165, 1.54) is 5.56 Å². The van der Waals surface area contributed by atoms with Crippen LogP contribution in [-0.2, 0) is 18.8 Å². The summed E-state index contributed by atoms with van der Waals surface area (Å²) in [4.78, 5) is 0. The number of para-hydroxylation sites is 1. The summed E-state index contributed by atoms with van der Waals surface area (Å²) in [5.74, 6) is 2.59. The van der Waals surface area contributed by atoms with Crippen LogP contribution >= 0.6 is 11.8 Å². The van der Waals surface area contributed by atoms with Gasteiger partial charge >= 0.3 is 0 Å². The first kappa shape index (κ1) is 15.9. The molecule has 0 saturated heterocycles. The fraction of sp³-hybridized carbons (Fsp3) is 0.467. The third-order valence-corrected chi connectivity index (χ3v) is 4.07. The summed E-state index contributed by atoms with van der Waals surface area (Å²) in [6.45, 7) is 6.12. The second kappa shape index (κ2) is 8.05. The van der Waals surface area contributed by atoms with Crippen molar-refractivity contribution in [3.8, 4) is 5.75 Å². The molecule has 1 aromatic heterocycles. The number of hydrogen-bond donors (Lipinski definition) is 1. The van der Waals surface area contributed by atoms with E-state index in [1.54, 1.807) is 11.8 Å². The second-order valence-electron chi connectivity index (χ2n) is 4.58. The van der Waals surface area contributed by atoms with Gasteiger partial charge in [-0.15, -0.1) is 10.2 Å². The summed E-state index contributed by atoms with van der Waals surface area (Å²) in [6.07, 6.45) is 1.04. The molecule has 21 heavy (non-hydrogen) atoms.